The monoisotopic (exact) mass is 407 g/mol. The number of nitrogens with two attached hydrogens (primary N) is 1. The zero-order valence-corrected chi connectivity index (χ0v) is 16.3. The number of hydrogen-bond acceptors (Lipinski definition) is 8. The first kappa shape index (κ1) is 21.3. The van der Waals surface area contributed by atoms with Crippen molar-refractivity contribution in [1.82, 2.24) is 30.4 Å². The summed E-state index contributed by atoms with van der Waals surface area (Å²) in [7, 11) is 0. The quantitative estimate of drug-likeness (QED) is 0.533. The minimum absolute atomic E-state index is 0. The molecule has 10 nitrogen and oxygen atoms in total. The van der Waals surface area contributed by atoms with Gasteiger partial charge in [-0.2, -0.15) is 5.10 Å². The van der Waals surface area contributed by atoms with E-state index >= 15 is 0 Å². The average Bonchev–Trinajstić information content (AvgIpc) is 3.26. The summed E-state index contributed by atoms with van der Waals surface area (Å²) in [4.78, 5) is 16.7. The Morgan fingerprint density at radius 3 is 2.71 bits per heavy atom. The molecule has 0 fully saturated rings. The summed E-state index contributed by atoms with van der Waals surface area (Å²) in [6.45, 7) is 4.08. The molecule has 150 valence electrons. The Labute approximate surface area is 167 Å². The highest BCUT2D eigenvalue weighted by atomic mass is 35.5. The molecule has 0 spiro atoms. The Morgan fingerprint density at radius 2 is 2.07 bits per heavy atom. The number of carbonyl (C=O) groups is 1. The number of nitrogens with one attached hydrogen (secondary N) is 1. The number of halogens is 1. The molecule has 0 aliphatic carbocycles. The summed E-state index contributed by atoms with van der Waals surface area (Å²) in [5, 5.41) is 14.4. The van der Waals surface area contributed by atoms with Gasteiger partial charge in [0.25, 0.3) is 5.88 Å². The van der Waals surface area contributed by atoms with E-state index in [2.05, 4.69) is 30.3 Å². The minimum Gasteiger partial charge on any atom is -0.472 e. The lowest BCUT2D eigenvalue weighted by Gasteiger charge is -2.09. The fourth-order valence-electron chi connectivity index (χ4n) is 2.40. The van der Waals surface area contributed by atoms with Gasteiger partial charge in [0, 0.05) is 5.56 Å². The van der Waals surface area contributed by atoms with Crippen LogP contribution in [0.25, 0.3) is 11.4 Å². The molecule has 0 saturated carbocycles. The van der Waals surface area contributed by atoms with E-state index in [0.29, 0.717) is 29.8 Å². The lowest BCUT2D eigenvalue weighted by Crippen LogP contribution is -2.32. The maximum Gasteiger partial charge on any atom is 0.278 e. The number of hydrogen-bond donors (Lipinski definition) is 2. The van der Waals surface area contributed by atoms with Crippen LogP contribution in [0.1, 0.15) is 24.5 Å². The maximum absolute atomic E-state index is 12.2. The van der Waals surface area contributed by atoms with Gasteiger partial charge in [-0.15, -0.1) is 12.4 Å². The first-order valence-electron chi connectivity index (χ1n) is 8.49. The third-order valence-corrected chi connectivity index (χ3v) is 3.71. The molecule has 1 atom stereocenters. The molecular weight excluding hydrogens is 386 g/mol. The third-order valence-electron chi connectivity index (χ3n) is 3.71. The Balaban J connectivity index is 0.00000280. The van der Waals surface area contributed by atoms with E-state index in [9.17, 15) is 4.79 Å². The molecule has 28 heavy (non-hydrogen) atoms. The van der Waals surface area contributed by atoms with Gasteiger partial charge in [0.2, 0.25) is 5.91 Å². The van der Waals surface area contributed by atoms with Crippen molar-refractivity contribution in [3.05, 3.63) is 41.9 Å². The molecule has 3 aromatic rings. The van der Waals surface area contributed by atoms with E-state index in [-0.39, 0.29) is 37.5 Å². The van der Waals surface area contributed by atoms with E-state index in [1.807, 2.05) is 30.3 Å². The fourth-order valence-corrected chi connectivity index (χ4v) is 2.40. The van der Waals surface area contributed by atoms with Crippen molar-refractivity contribution in [2.45, 2.75) is 26.4 Å². The second-order valence-electron chi connectivity index (χ2n) is 5.96. The van der Waals surface area contributed by atoms with Crippen LogP contribution in [-0.2, 0) is 11.3 Å². The van der Waals surface area contributed by atoms with Crippen LogP contribution in [0, 0.1) is 6.92 Å². The Hall–Kier alpha value is -2.98. The molecule has 2 aromatic heterocycles. The van der Waals surface area contributed by atoms with Crippen LogP contribution >= 0.6 is 12.4 Å². The van der Waals surface area contributed by atoms with Crippen molar-refractivity contribution in [2.75, 3.05) is 13.2 Å². The first-order chi connectivity index (χ1) is 13.0. The molecule has 0 unspecified atom stereocenters. The van der Waals surface area contributed by atoms with Crippen molar-refractivity contribution in [3.8, 4) is 17.3 Å². The minimum atomic E-state index is -0.353. The number of rotatable bonds is 8. The van der Waals surface area contributed by atoms with Crippen molar-refractivity contribution < 1.29 is 14.2 Å². The number of amides is 1. The predicted molar refractivity (Wildman–Crippen MR) is 103 cm³/mol. The molecular formula is C17H22ClN7O3. The highest BCUT2D eigenvalue weighted by Crippen LogP contribution is 2.17. The zero-order valence-electron chi connectivity index (χ0n) is 15.5. The average molecular weight is 408 g/mol. The molecule has 11 heteroatoms. The molecule has 0 aliphatic rings. The second kappa shape index (κ2) is 9.81. The van der Waals surface area contributed by atoms with Crippen LogP contribution in [-0.4, -0.2) is 44.1 Å². The standard InChI is InChI=1S/C17H21N7O3.ClH/c1-11(18)16-20-15(13-6-4-3-5-7-13)21-24(16)10-14(25)19-8-9-26-17-12(2)22-27-23-17;/h3-7,11H,8-10,18H2,1-2H3,(H,19,25);1H/t11-;/m0./s1. The van der Waals surface area contributed by atoms with Crippen molar-refractivity contribution in [3.63, 3.8) is 0 Å². The predicted octanol–water partition coefficient (Wildman–Crippen LogP) is 1.27. The van der Waals surface area contributed by atoms with Crippen LogP contribution in [0.15, 0.2) is 35.0 Å². The topological polar surface area (TPSA) is 134 Å². The summed E-state index contributed by atoms with van der Waals surface area (Å²) in [5.41, 5.74) is 7.39. The van der Waals surface area contributed by atoms with Gasteiger partial charge in [-0.3, -0.25) is 4.79 Å². The lowest BCUT2D eigenvalue weighted by molar-refractivity contribution is -0.122. The first-order valence-corrected chi connectivity index (χ1v) is 8.49. The van der Waals surface area contributed by atoms with Gasteiger partial charge in [-0.1, -0.05) is 35.5 Å². The Kier molecular flexibility index (Phi) is 7.47. The van der Waals surface area contributed by atoms with Crippen LogP contribution in [0.5, 0.6) is 5.88 Å². The zero-order chi connectivity index (χ0) is 19.2. The van der Waals surface area contributed by atoms with Gasteiger partial charge in [0.15, 0.2) is 5.82 Å². The lowest BCUT2D eigenvalue weighted by atomic mass is 10.2. The van der Waals surface area contributed by atoms with Crippen molar-refractivity contribution in [2.24, 2.45) is 5.73 Å². The van der Waals surface area contributed by atoms with Gasteiger partial charge in [0.1, 0.15) is 24.7 Å². The van der Waals surface area contributed by atoms with E-state index in [0.717, 1.165) is 5.56 Å². The van der Waals surface area contributed by atoms with Crippen LogP contribution in [0.4, 0.5) is 0 Å². The summed E-state index contributed by atoms with van der Waals surface area (Å²) >= 11 is 0. The van der Waals surface area contributed by atoms with Gasteiger partial charge >= 0.3 is 0 Å². The Morgan fingerprint density at radius 1 is 1.32 bits per heavy atom. The van der Waals surface area contributed by atoms with Gasteiger partial charge in [-0.05, 0) is 19.0 Å². The molecule has 0 aliphatic heterocycles. The second-order valence-corrected chi connectivity index (χ2v) is 5.96. The number of aromatic nitrogens is 5. The molecule has 3 rings (SSSR count). The molecule has 2 heterocycles. The number of ether oxygens (including phenoxy) is 1. The number of aryl methyl sites for hydroxylation is 1. The summed E-state index contributed by atoms with van der Waals surface area (Å²) in [5.74, 6) is 1.17. The summed E-state index contributed by atoms with van der Waals surface area (Å²) < 4.78 is 11.4. The molecule has 0 radical (unpaired) electrons. The molecule has 3 N–H and O–H groups in total. The van der Waals surface area contributed by atoms with Gasteiger partial charge < -0.3 is 15.8 Å². The number of nitrogens with zero attached hydrogens (tertiary/aromatic N) is 5. The fraction of sp³-hybridized carbons (Fsp3) is 0.353. The van der Waals surface area contributed by atoms with Crippen LogP contribution < -0.4 is 15.8 Å². The molecule has 0 bridgehead atoms. The SMILES string of the molecule is Cc1nonc1OCCNC(=O)Cn1nc(-c2ccccc2)nc1[C@H](C)N.Cl. The number of carbonyl (C=O) groups excluding carboxylic acids is 1. The van der Waals surface area contributed by atoms with Gasteiger partial charge in [0.05, 0.1) is 12.6 Å². The molecule has 1 amide bonds. The summed E-state index contributed by atoms with van der Waals surface area (Å²) in [6.07, 6.45) is 0. The van der Waals surface area contributed by atoms with Crippen molar-refractivity contribution >= 4 is 18.3 Å². The van der Waals surface area contributed by atoms with E-state index in [4.69, 9.17) is 10.5 Å². The van der Waals surface area contributed by atoms with Crippen molar-refractivity contribution in [1.29, 1.82) is 0 Å². The van der Waals surface area contributed by atoms with E-state index in [1.165, 1.54) is 4.68 Å². The van der Waals surface area contributed by atoms with Crippen LogP contribution in [0.3, 0.4) is 0 Å². The maximum atomic E-state index is 12.2. The van der Waals surface area contributed by atoms with E-state index in [1.54, 1.807) is 13.8 Å². The van der Waals surface area contributed by atoms with E-state index < -0.39 is 0 Å². The van der Waals surface area contributed by atoms with Gasteiger partial charge in [-0.25, -0.2) is 14.3 Å². The van der Waals surface area contributed by atoms with Crippen LogP contribution in [0.2, 0.25) is 0 Å². The summed E-state index contributed by atoms with van der Waals surface area (Å²) in [6, 6.07) is 9.18. The highest BCUT2D eigenvalue weighted by Gasteiger charge is 2.17. The Bertz CT molecular complexity index is 895. The number of benzene rings is 1. The highest BCUT2D eigenvalue weighted by molar-refractivity contribution is 5.85. The molecule has 0 saturated heterocycles. The largest absolute Gasteiger partial charge is 0.472 e. The smallest absolute Gasteiger partial charge is 0.278 e. The normalized spacial score (nSPS) is 11.5. The third kappa shape index (κ3) is 5.27. The molecule has 1 aromatic carbocycles.